The molecule has 0 aliphatic heterocycles. The highest BCUT2D eigenvalue weighted by Crippen LogP contribution is 2.62. The van der Waals surface area contributed by atoms with Gasteiger partial charge in [0.05, 0.1) is 30.4 Å². The Morgan fingerprint density at radius 2 is 0.938 bits per heavy atom. The van der Waals surface area contributed by atoms with E-state index in [-0.39, 0.29) is 49.0 Å². The standard InChI is InChI=1S/C42H41F15O7/c1-3-4-5-8-11-26(2)63-33(58)29-14-12-27(13-15-29)28-16-22-32(23-17-28)64-34(59)30-18-20-31(21-19-30)61-24-9-6-7-10-25-62-35(60)36(43,44)37(45,46)38(47,48)39(49,50)40(51,52)41(53,54)42(55,56)57/h12-23,26H,3-11,24-25H2,1-2H3. The average molecular weight is 943 g/mol. The first kappa shape index (κ1) is 53.2. The second-order valence-corrected chi connectivity index (χ2v) is 14.4. The van der Waals surface area contributed by atoms with Crippen LogP contribution in [0.2, 0.25) is 0 Å². The highest BCUT2D eigenvalue weighted by molar-refractivity contribution is 5.91. The maximum atomic E-state index is 13.9. The number of carbonyl (C=O) groups is 3. The minimum absolute atomic E-state index is 0.00720. The second kappa shape index (κ2) is 21.2. The molecule has 1 atom stereocenters. The van der Waals surface area contributed by atoms with Crippen molar-refractivity contribution in [3.8, 4) is 22.6 Å². The monoisotopic (exact) mass is 942 g/mol. The normalized spacial score (nSPS) is 13.6. The molecule has 0 heterocycles. The van der Waals surface area contributed by atoms with Crippen LogP contribution in [0.3, 0.4) is 0 Å². The molecule has 0 spiro atoms. The Hall–Kier alpha value is -5.18. The van der Waals surface area contributed by atoms with E-state index in [0.29, 0.717) is 5.56 Å². The average Bonchev–Trinajstić information content (AvgIpc) is 3.23. The van der Waals surface area contributed by atoms with E-state index in [1.54, 1.807) is 48.5 Å². The number of ether oxygens (including phenoxy) is 4. The van der Waals surface area contributed by atoms with E-state index in [1.165, 1.54) is 24.3 Å². The summed E-state index contributed by atoms with van der Waals surface area (Å²) in [4.78, 5) is 36.7. The molecule has 0 amide bonds. The Balaban J connectivity index is 1.41. The maximum Gasteiger partial charge on any atom is 0.460 e. The van der Waals surface area contributed by atoms with Crippen LogP contribution in [0.4, 0.5) is 65.9 Å². The van der Waals surface area contributed by atoms with Crippen LogP contribution < -0.4 is 9.47 Å². The molecular formula is C42H41F15O7. The van der Waals surface area contributed by atoms with Crippen molar-refractivity contribution < 1.29 is 99.2 Å². The molecule has 0 aliphatic carbocycles. The lowest BCUT2D eigenvalue weighted by Crippen LogP contribution is -2.73. The topological polar surface area (TPSA) is 88.1 Å². The van der Waals surface area contributed by atoms with Gasteiger partial charge in [0.2, 0.25) is 0 Å². The van der Waals surface area contributed by atoms with Crippen molar-refractivity contribution >= 4 is 17.9 Å². The Kier molecular flexibility index (Phi) is 17.6. The Bertz CT molecular complexity index is 1990. The van der Waals surface area contributed by atoms with Gasteiger partial charge in [-0.15, -0.1) is 0 Å². The van der Waals surface area contributed by atoms with Crippen LogP contribution in [0.15, 0.2) is 72.8 Å². The zero-order valence-corrected chi connectivity index (χ0v) is 33.8. The highest BCUT2D eigenvalue weighted by atomic mass is 19.4. The van der Waals surface area contributed by atoms with Gasteiger partial charge in [0.1, 0.15) is 11.5 Å². The predicted octanol–water partition coefficient (Wildman–Crippen LogP) is 12.9. The van der Waals surface area contributed by atoms with Gasteiger partial charge in [-0.3, -0.25) is 0 Å². The molecule has 3 aromatic rings. The molecule has 7 nitrogen and oxygen atoms in total. The highest BCUT2D eigenvalue weighted by Gasteiger charge is 2.94. The Morgan fingerprint density at radius 3 is 1.47 bits per heavy atom. The van der Waals surface area contributed by atoms with E-state index in [2.05, 4.69) is 11.7 Å². The SMILES string of the molecule is CCCCCCC(C)OC(=O)c1ccc(-c2ccc(OC(=O)c3ccc(OCCCCCCOC(=O)C(F)(F)C(F)(F)C(F)(F)C(F)(F)C(F)(F)C(F)(F)C(F)(F)F)cc3)cc2)cc1. The van der Waals surface area contributed by atoms with Crippen LogP contribution in [0, 0.1) is 0 Å². The molecule has 64 heavy (non-hydrogen) atoms. The molecule has 3 aromatic carbocycles. The number of benzene rings is 3. The summed E-state index contributed by atoms with van der Waals surface area (Å²) in [7, 11) is 0. The van der Waals surface area contributed by atoms with E-state index in [4.69, 9.17) is 14.2 Å². The van der Waals surface area contributed by atoms with Crippen LogP contribution in [0.5, 0.6) is 11.5 Å². The van der Waals surface area contributed by atoms with Gasteiger partial charge in [-0.25, -0.2) is 14.4 Å². The molecule has 0 N–H and O–H groups in total. The maximum absolute atomic E-state index is 13.9. The number of rotatable bonds is 24. The lowest BCUT2D eigenvalue weighted by molar-refractivity contribution is -0.450. The summed E-state index contributed by atoms with van der Waals surface area (Å²) >= 11 is 0. The second-order valence-electron chi connectivity index (χ2n) is 14.4. The van der Waals surface area contributed by atoms with Gasteiger partial charge in [-0.2, -0.15) is 65.9 Å². The molecule has 0 aliphatic rings. The first-order chi connectivity index (χ1) is 29.6. The first-order valence-corrected chi connectivity index (χ1v) is 19.4. The van der Waals surface area contributed by atoms with Crippen molar-refractivity contribution in [3.63, 3.8) is 0 Å². The summed E-state index contributed by atoms with van der Waals surface area (Å²) in [6.07, 6.45) is -3.00. The van der Waals surface area contributed by atoms with Crippen molar-refractivity contribution in [1.29, 1.82) is 0 Å². The van der Waals surface area contributed by atoms with Crippen LogP contribution in [0.25, 0.3) is 11.1 Å². The zero-order valence-electron chi connectivity index (χ0n) is 33.8. The smallest absolute Gasteiger partial charge is 0.460 e. The summed E-state index contributed by atoms with van der Waals surface area (Å²) in [6, 6.07) is 19.0. The number of unbranched alkanes of at least 4 members (excludes halogenated alkanes) is 6. The van der Waals surface area contributed by atoms with Gasteiger partial charge in [-0.1, -0.05) is 50.5 Å². The third kappa shape index (κ3) is 11.9. The lowest BCUT2D eigenvalue weighted by atomic mass is 9.91. The van der Waals surface area contributed by atoms with E-state index in [1.807, 2.05) is 6.92 Å². The van der Waals surface area contributed by atoms with Crippen molar-refractivity contribution in [2.45, 2.75) is 119 Å². The van der Waals surface area contributed by atoms with Crippen LogP contribution in [-0.2, 0) is 14.3 Å². The Labute approximate surface area is 356 Å². The number of alkyl halides is 15. The molecule has 0 saturated heterocycles. The van der Waals surface area contributed by atoms with Crippen LogP contribution in [0.1, 0.15) is 92.4 Å². The molecule has 0 bridgehead atoms. The van der Waals surface area contributed by atoms with Crippen molar-refractivity contribution in [1.82, 2.24) is 0 Å². The first-order valence-electron chi connectivity index (χ1n) is 19.4. The fourth-order valence-electron chi connectivity index (χ4n) is 5.63. The number of carbonyl (C=O) groups excluding carboxylic acids is 3. The quantitative estimate of drug-likeness (QED) is 0.0382. The third-order valence-corrected chi connectivity index (χ3v) is 9.51. The largest absolute Gasteiger partial charge is 0.494 e. The van der Waals surface area contributed by atoms with E-state index in [9.17, 15) is 80.2 Å². The predicted molar refractivity (Wildman–Crippen MR) is 198 cm³/mol. The van der Waals surface area contributed by atoms with Gasteiger partial charge in [0.25, 0.3) is 0 Å². The fourth-order valence-corrected chi connectivity index (χ4v) is 5.63. The van der Waals surface area contributed by atoms with Gasteiger partial charge in [0, 0.05) is 0 Å². The number of halogens is 15. The summed E-state index contributed by atoms with van der Waals surface area (Å²) in [5.41, 5.74) is 2.13. The summed E-state index contributed by atoms with van der Waals surface area (Å²) < 4.78 is 220. The molecule has 22 heteroatoms. The molecular weight excluding hydrogens is 901 g/mol. The number of esters is 3. The van der Waals surface area contributed by atoms with Crippen LogP contribution >= 0.6 is 0 Å². The van der Waals surface area contributed by atoms with Crippen molar-refractivity contribution in [2.75, 3.05) is 13.2 Å². The molecule has 0 aromatic heterocycles. The van der Waals surface area contributed by atoms with E-state index >= 15 is 0 Å². The molecule has 1 unspecified atom stereocenters. The molecule has 0 radical (unpaired) electrons. The zero-order chi connectivity index (χ0) is 48.4. The number of hydrogen-bond acceptors (Lipinski definition) is 7. The lowest BCUT2D eigenvalue weighted by Gasteiger charge is -2.40. The minimum Gasteiger partial charge on any atom is -0.494 e. The van der Waals surface area contributed by atoms with E-state index in [0.717, 1.165) is 43.2 Å². The van der Waals surface area contributed by atoms with Gasteiger partial charge >= 0.3 is 59.6 Å². The molecule has 0 saturated carbocycles. The van der Waals surface area contributed by atoms with Gasteiger partial charge in [0.15, 0.2) is 0 Å². The van der Waals surface area contributed by atoms with E-state index < -0.39 is 72.6 Å². The van der Waals surface area contributed by atoms with Crippen LogP contribution in [-0.4, -0.2) is 78.9 Å². The molecule has 356 valence electrons. The van der Waals surface area contributed by atoms with Crippen molar-refractivity contribution in [2.24, 2.45) is 0 Å². The van der Waals surface area contributed by atoms with Gasteiger partial charge < -0.3 is 18.9 Å². The fraction of sp³-hybridized carbons (Fsp3) is 0.500. The Morgan fingerprint density at radius 1 is 0.500 bits per heavy atom. The van der Waals surface area contributed by atoms with Crippen molar-refractivity contribution in [3.05, 3.63) is 83.9 Å². The summed E-state index contributed by atoms with van der Waals surface area (Å²) in [5.74, 6) is -52.8. The number of hydrogen-bond donors (Lipinski definition) is 0. The summed E-state index contributed by atoms with van der Waals surface area (Å²) in [6.45, 7) is 2.71. The molecule has 0 fully saturated rings. The third-order valence-electron chi connectivity index (χ3n) is 9.51. The minimum atomic E-state index is -8.50. The molecule has 3 rings (SSSR count). The summed E-state index contributed by atoms with van der Waals surface area (Å²) in [5, 5.41) is 0. The van der Waals surface area contributed by atoms with Gasteiger partial charge in [-0.05, 0) is 105 Å².